The lowest BCUT2D eigenvalue weighted by Crippen LogP contribution is -2.07. The first kappa shape index (κ1) is 20.0. The van der Waals surface area contributed by atoms with Crippen molar-refractivity contribution in [1.82, 2.24) is 4.98 Å². The quantitative estimate of drug-likeness (QED) is 0.651. The number of hydrogen-bond donors (Lipinski definition) is 2. The van der Waals surface area contributed by atoms with Gasteiger partial charge in [0.25, 0.3) is 0 Å². The molecule has 0 fully saturated rings. The fraction of sp³-hybridized carbons (Fsp3) is 0.280. The lowest BCUT2D eigenvalue weighted by molar-refractivity contribution is -0.137. The molecular weight excluding hydrogens is 378 g/mol. The van der Waals surface area contributed by atoms with Gasteiger partial charge in [-0.25, -0.2) is 0 Å². The molecule has 2 N–H and O–H groups in total. The number of aromatic nitrogens is 1. The van der Waals surface area contributed by atoms with Crippen molar-refractivity contribution in [1.29, 1.82) is 0 Å². The van der Waals surface area contributed by atoms with Gasteiger partial charge in [0, 0.05) is 29.3 Å². The second-order valence-corrected chi connectivity index (χ2v) is 7.79. The van der Waals surface area contributed by atoms with Crippen LogP contribution in [-0.2, 0) is 17.6 Å². The number of phenols is 1. The second-order valence-electron chi connectivity index (χ2n) is 7.79. The topological polar surface area (TPSA) is 79.7 Å². The lowest BCUT2D eigenvalue weighted by Gasteiger charge is -2.09. The highest BCUT2D eigenvalue weighted by Gasteiger charge is 2.26. The Hall–Kier alpha value is -3.34. The number of rotatable bonds is 3. The van der Waals surface area contributed by atoms with Crippen LogP contribution in [-0.4, -0.2) is 27.8 Å². The maximum atomic E-state index is 10.5. The van der Waals surface area contributed by atoms with Gasteiger partial charge in [-0.15, -0.1) is 0 Å². The Bertz CT molecular complexity index is 1080. The summed E-state index contributed by atoms with van der Waals surface area (Å²) in [4.78, 5) is 15.1. The van der Waals surface area contributed by atoms with E-state index < -0.39 is 5.97 Å². The number of fused-ring (bicyclic) bond motifs is 2. The van der Waals surface area contributed by atoms with Crippen LogP contribution in [0.1, 0.15) is 41.0 Å². The van der Waals surface area contributed by atoms with Crippen molar-refractivity contribution in [3.63, 3.8) is 0 Å². The van der Waals surface area contributed by atoms with Crippen LogP contribution in [0.3, 0.4) is 0 Å². The maximum Gasteiger partial charge on any atom is 0.304 e. The summed E-state index contributed by atoms with van der Waals surface area (Å²) in [5.41, 5.74) is 7.66. The molecule has 1 aromatic heterocycles. The molecule has 5 nitrogen and oxygen atoms in total. The zero-order valence-electron chi connectivity index (χ0n) is 17.0. The van der Waals surface area contributed by atoms with E-state index in [0.29, 0.717) is 12.4 Å². The smallest absolute Gasteiger partial charge is 0.304 e. The summed E-state index contributed by atoms with van der Waals surface area (Å²) >= 11 is 0. The third kappa shape index (κ3) is 4.15. The van der Waals surface area contributed by atoms with Gasteiger partial charge < -0.3 is 14.9 Å². The molecule has 3 aromatic rings. The van der Waals surface area contributed by atoms with Gasteiger partial charge in [-0.2, -0.15) is 0 Å². The average molecular weight is 403 g/mol. The summed E-state index contributed by atoms with van der Waals surface area (Å²) in [6, 6.07) is 15.5. The molecule has 2 aliphatic rings. The van der Waals surface area contributed by atoms with Crippen LogP contribution in [0.4, 0.5) is 0 Å². The van der Waals surface area contributed by atoms with Crippen LogP contribution in [0.25, 0.3) is 11.3 Å². The van der Waals surface area contributed by atoms with Crippen LogP contribution in [0, 0.1) is 6.92 Å². The summed E-state index contributed by atoms with van der Waals surface area (Å²) in [5, 5.41) is 17.8. The molecule has 2 heterocycles. The normalized spacial score (nSPS) is 16.1. The second kappa shape index (κ2) is 8.57. The number of carboxylic acids is 1. The Balaban J connectivity index is 0.000000147. The first-order valence-corrected chi connectivity index (χ1v) is 10.2. The van der Waals surface area contributed by atoms with E-state index in [1.54, 1.807) is 12.1 Å². The Kier molecular flexibility index (Phi) is 5.70. The van der Waals surface area contributed by atoms with Gasteiger partial charge in [0.1, 0.15) is 11.5 Å². The van der Waals surface area contributed by atoms with E-state index in [1.165, 1.54) is 47.6 Å². The van der Waals surface area contributed by atoms with Crippen LogP contribution in [0.5, 0.6) is 11.5 Å². The Morgan fingerprint density at radius 2 is 2.03 bits per heavy atom. The van der Waals surface area contributed by atoms with Crippen LogP contribution >= 0.6 is 0 Å². The van der Waals surface area contributed by atoms with E-state index in [2.05, 4.69) is 36.2 Å². The minimum Gasteiger partial charge on any atom is -0.508 e. The number of aliphatic carboxylic acids is 1. The molecule has 1 aliphatic heterocycles. The summed E-state index contributed by atoms with van der Waals surface area (Å²) in [7, 11) is 0. The molecule has 0 spiro atoms. The molecule has 5 heteroatoms. The largest absolute Gasteiger partial charge is 0.508 e. The van der Waals surface area contributed by atoms with Crippen molar-refractivity contribution in [3.8, 4) is 22.8 Å². The Morgan fingerprint density at radius 1 is 1.17 bits per heavy atom. The number of aromatic hydroxyl groups is 1. The highest BCUT2D eigenvalue weighted by atomic mass is 16.5. The number of pyridine rings is 1. The number of phenolic OH excluding ortho intramolecular Hbond substituents is 1. The molecular formula is C25H25NO4. The first-order valence-electron chi connectivity index (χ1n) is 10.2. The fourth-order valence-corrected chi connectivity index (χ4v) is 4.25. The molecule has 0 amide bonds. The highest BCUT2D eigenvalue weighted by Crippen LogP contribution is 2.37. The molecule has 1 atom stereocenters. The minimum atomic E-state index is -0.834. The minimum absolute atomic E-state index is 0.0672. The van der Waals surface area contributed by atoms with Gasteiger partial charge in [-0.1, -0.05) is 30.3 Å². The van der Waals surface area contributed by atoms with Gasteiger partial charge in [0.15, 0.2) is 0 Å². The zero-order valence-corrected chi connectivity index (χ0v) is 17.0. The summed E-state index contributed by atoms with van der Waals surface area (Å²) in [5.74, 6) is -0.196. The van der Waals surface area contributed by atoms with Gasteiger partial charge in [0.2, 0.25) is 0 Å². The van der Waals surface area contributed by atoms with Gasteiger partial charge in [0.05, 0.1) is 18.7 Å². The van der Waals surface area contributed by atoms with Crippen LogP contribution < -0.4 is 4.74 Å². The van der Waals surface area contributed by atoms with Crippen molar-refractivity contribution < 1.29 is 19.7 Å². The SMILES string of the molecule is Cc1cccnc1-c1cccc2c1CCC2.O=C(O)CC1COc2cc(O)ccc21. The average Bonchev–Trinajstić information content (AvgIpc) is 3.35. The lowest BCUT2D eigenvalue weighted by atomic mass is 9.98. The van der Waals surface area contributed by atoms with Crippen LogP contribution in [0.15, 0.2) is 54.7 Å². The molecule has 30 heavy (non-hydrogen) atoms. The molecule has 1 unspecified atom stereocenters. The Morgan fingerprint density at radius 3 is 2.83 bits per heavy atom. The number of nitrogens with zero attached hydrogens (tertiary/aromatic N) is 1. The van der Waals surface area contributed by atoms with Gasteiger partial charge in [-0.3, -0.25) is 9.78 Å². The van der Waals surface area contributed by atoms with Gasteiger partial charge >= 0.3 is 5.97 Å². The predicted octanol–water partition coefficient (Wildman–Crippen LogP) is 4.89. The zero-order chi connectivity index (χ0) is 21.1. The van der Waals surface area contributed by atoms with E-state index in [9.17, 15) is 4.79 Å². The monoisotopic (exact) mass is 403 g/mol. The summed E-state index contributed by atoms with van der Waals surface area (Å²) < 4.78 is 5.27. The standard InChI is InChI=1S/C15H15N.C10H10O4/c1-11-5-4-10-16-15(11)14-9-3-7-12-6-2-8-13(12)14;11-7-1-2-8-6(3-10(12)13)5-14-9(8)4-7/h3-5,7,9-10H,2,6,8H2,1H3;1-2,4,6,11H,3,5H2,(H,12,13). The van der Waals surface area contributed by atoms with E-state index in [-0.39, 0.29) is 18.1 Å². The van der Waals surface area contributed by atoms with Crippen molar-refractivity contribution in [2.75, 3.05) is 6.61 Å². The van der Waals surface area contributed by atoms with E-state index >= 15 is 0 Å². The van der Waals surface area contributed by atoms with Crippen molar-refractivity contribution >= 4 is 5.97 Å². The van der Waals surface area contributed by atoms with E-state index in [4.69, 9.17) is 14.9 Å². The number of hydrogen-bond acceptors (Lipinski definition) is 4. The van der Waals surface area contributed by atoms with Crippen molar-refractivity contribution in [2.24, 2.45) is 0 Å². The highest BCUT2D eigenvalue weighted by molar-refractivity contribution is 5.69. The fourth-order valence-electron chi connectivity index (χ4n) is 4.25. The molecule has 0 saturated heterocycles. The third-order valence-corrected chi connectivity index (χ3v) is 5.71. The maximum absolute atomic E-state index is 10.5. The molecule has 2 aromatic carbocycles. The molecule has 1 aliphatic carbocycles. The summed E-state index contributed by atoms with van der Waals surface area (Å²) in [6.45, 7) is 2.52. The Labute approximate surface area is 176 Å². The van der Waals surface area contributed by atoms with Gasteiger partial charge in [-0.05, 0) is 55.0 Å². The number of carboxylic acid groups (broad SMARTS) is 1. The third-order valence-electron chi connectivity index (χ3n) is 5.71. The van der Waals surface area contributed by atoms with Crippen molar-refractivity contribution in [2.45, 2.75) is 38.5 Å². The number of carbonyl (C=O) groups is 1. The van der Waals surface area contributed by atoms with E-state index in [1.807, 2.05) is 12.3 Å². The number of benzene rings is 2. The molecule has 5 rings (SSSR count). The van der Waals surface area contributed by atoms with E-state index in [0.717, 1.165) is 11.3 Å². The summed E-state index contributed by atoms with van der Waals surface area (Å²) in [6.07, 6.45) is 5.68. The first-order chi connectivity index (χ1) is 14.5. The molecule has 0 radical (unpaired) electrons. The molecule has 0 saturated carbocycles. The number of ether oxygens (including phenoxy) is 1. The van der Waals surface area contributed by atoms with Crippen LogP contribution in [0.2, 0.25) is 0 Å². The number of aryl methyl sites for hydroxylation is 2. The molecule has 0 bridgehead atoms. The predicted molar refractivity (Wildman–Crippen MR) is 115 cm³/mol. The van der Waals surface area contributed by atoms with Crippen molar-refractivity contribution in [3.05, 3.63) is 77.0 Å². The molecule has 154 valence electrons.